The molecule has 26 heavy (non-hydrogen) atoms. The second kappa shape index (κ2) is 9.75. The monoisotopic (exact) mass is 403 g/mol. The first kappa shape index (κ1) is 22.7. The molecule has 2 heterocycles. The van der Waals surface area contributed by atoms with Gasteiger partial charge in [-0.1, -0.05) is 0 Å². The Labute approximate surface area is 157 Å². The summed E-state index contributed by atoms with van der Waals surface area (Å²) in [5.41, 5.74) is 0. The van der Waals surface area contributed by atoms with E-state index in [1.165, 1.54) is 27.2 Å². The second-order valence-corrected chi connectivity index (χ2v) is 10.7. The minimum atomic E-state index is -3.37. The minimum absolute atomic E-state index is 0.0444. The van der Waals surface area contributed by atoms with E-state index in [9.17, 15) is 9.13 Å². The summed E-state index contributed by atoms with van der Waals surface area (Å²) >= 11 is 0. The molecule has 7 atom stereocenters. The van der Waals surface area contributed by atoms with E-state index in [0.717, 1.165) is 12.8 Å². The summed E-state index contributed by atoms with van der Waals surface area (Å²) in [6.45, 7) is 4.21. The van der Waals surface area contributed by atoms with Crippen molar-refractivity contribution in [2.24, 2.45) is 0 Å². The molecule has 3 radical (unpaired) electrons. The van der Waals surface area contributed by atoms with Gasteiger partial charge in [-0.15, -0.1) is 0 Å². The van der Waals surface area contributed by atoms with Gasteiger partial charge in [-0.25, -0.2) is 0 Å². The molecule has 2 fully saturated rings. The zero-order valence-electron chi connectivity index (χ0n) is 15.3. The van der Waals surface area contributed by atoms with Crippen LogP contribution >= 0.6 is 15.2 Å². The van der Waals surface area contributed by atoms with Crippen molar-refractivity contribution in [1.82, 2.24) is 0 Å². The van der Waals surface area contributed by atoms with Gasteiger partial charge in [0.15, 0.2) is 0 Å². The van der Waals surface area contributed by atoms with Crippen LogP contribution in [0.1, 0.15) is 19.3 Å². The first-order chi connectivity index (χ1) is 12.1. The van der Waals surface area contributed by atoms with Gasteiger partial charge in [0, 0.05) is 0 Å². The second-order valence-electron chi connectivity index (χ2n) is 6.48. The Morgan fingerprint density at radius 1 is 1.12 bits per heavy atom. The van der Waals surface area contributed by atoms with Gasteiger partial charge in [0.05, 0.1) is 0 Å². The van der Waals surface area contributed by atoms with Crippen molar-refractivity contribution in [3.8, 4) is 0 Å². The molecule has 0 aromatic rings. The maximum atomic E-state index is 12.7. The molecule has 2 aliphatic rings. The molecule has 0 aromatic heterocycles. The molecule has 0 spiro atoms. The predicted octanol–water partition coefficient (Wildman–Crippen LogP) is 1.27. The number of ether oxygens (including phenoxy) is 2. The molecule has 0 saturated carbocycles. The summed E-state index contributed by atoms with van der Waals surface area (Å²) in [5, 5.41) is 0. The van der Waals surface area contributed by atoms with E-state index in [0.29, 0.717) is 6.42 Å². The predicted molar refractivity (Wildman–Crippen MR) is 99.3 cm³/mol. The van der Waals surface area contributed by atoms with Crippen LogP contribution in [0.4, 0.5) is 0 Å². The van der Waals surface area contributed by atoms with E-state index >= 15 is 0 Å². The molecule has 7 unspecified atom stereocenters. The molecule has 2 aliphatic heterocycles. The molecule has 8 nitrogen and oxygen atoms in total. The van der Waals surface area contributed by atoms with Crippen LogP contribution < -0.4 is 0 Å². The summed E-state index contributed by atoms with van der Waals surface area (Å²) in [6.07, 6.45) is 0.493. The molecule has 143 valence electrons. The third-order valence-electron chi connectivity index (χ3n) is 4.21. The first-order valence-electron chi connectivity index (χ1n) is 8.44. The molecular weight excluding hydrogens is 379 g/mol. The van der Waals surface area contributed by atoms with E-state index < -0.39 is 27.4 Å². The van der Waals surface area contributed by atoms with Crippen molar-refractivity contribution in [2.45, 2.75) is 49.6 Å². The Kier molecular flexibility index (Phi) is 8.51. The summed E-state index contributed by atoms with van der Waals surface area (Å²) < 4.78 is 56.8. The van der Waals surface area contributed by atoms with Gasteiger partial charge in [-0.3, -0.25) is 0 Å². The van der Waals surface area contributed by atoms with Gasteiger partial charge in [0.25, 0.3) is 0 Å². The topological polar surface area (TPSA) is 89.5 Å². The average Bonchev–Trinajstić information content (AvgIpc) is 3.17. The van der Waals surface area contributed by atoms with E-state index in [4.69, 9.17) is 42.8 Å². The van der Waals surface area contributed by atoms with E-state index in [1.807, 2.05) is 0 Å². The molecular formula is C13H24B3O8P2. The van der Waals surface area contributed by atoms with Crippen molar-refractivity contribution in [3.05, 3.63) is 0 Å². The van der Waals surface area contributed by atoms with Crippen molar-refractivity contribution in [3.63, 3.8) is 0 Å². The quantitative estimate of drug-likeness (QED) is 0.399. The van der Waals surface area contributed by atoms with Crippen LogP contribution in [0, 0.1) is 0 Å². The van der Waals surface area contributed by atoms with E-state index in [2.05, 4.69) is 0 Å². The Hall–Kier alpha value is 0.415. The molecule has 0 aliphatic carbocycles. The van der Waals surface area contributed by atoms with Gasteiger partial charge in [0.2, 0.25) is 0 Å². The standard InChI is InChI=1S/C13H24B3O8P2/c1-19-25(2,17)21-8-11-10(6-13(16-15)23-11)24-26(3,18)20-7-9-4-5-12(14)22-9/h9-13H,4-8H2,1-3H3. The van der Waals surface area contributed by atoms with Crippen molar-refractivity contribution in [2.75, 3.05) is 33.7 Å². The Balaban J connectivity index is 1.89. The molecule has 2 saturated heterocycles. The van der Waals surface area contributed by atoms with Crippen LogP contribution in [0.3, 0.4) is 0 Å². The van der Waals surface area contributed by atoms with Crippen LogP contribution in [0.2, 0.25) is 0 Å². The summed E-state index contributed by atoms with van der Waals surface area (Å²) in [5.74, 6) is 0. The van der Waals surface area contributed by atoms with Gasteiger partial charge >= 0.3 is 157 Å². The zero-order valence-corrected chi connectivity index (χ0v) is 17.1. The van der Waals surface area contributed by atoms with Crippen LogP contribution in [0.25, 0.3) is 0 Å². The number of hydrogen-bond donors (Lipinski definition) is 0. The van der Waals surface area contributed by atoms with Crippen molar-refractivity contribution in [1.29, 1.82) is 0 Å². The molecule has 13 heteroatoms. The maximum absolute atomic E-state index is 12.7. The third-order valence-corrected chi connectivity index (χ3v) is 6.76. The van der Waals surface area contributed by atoms with Crippen LogP contribution in [0.15, 0.2) is 0 Å². The van der Waals surface area contributed by atoms with Crippen LogP contribution in [0.5, 0.6) is 0 Å². The molecule has 0 amide bonds. The van der Waals surface area contributed by atoms with Crippen LogP contribution in [-0.2, 0) is 36.7 Å². The SMILES string of the molecule is [B]C1CCC(COP(C)(=O)OC2CC(B=[B])OC2COP(C)(=O)OC)O1. The fourth-order valence-corrected chi connectivity index (χ4v) is 4.48. The van der Waals surface area contributed by atoms with Crippen LogP contribution in [-0.4, -0.2) is 86.0 Å². The van der Waals surface area contributed by atoms with Crippen molar-refractivity contribution >= 4 is 37.2 Å². The first-order valence-corrected chi connectivity index (χ1v) is 12.4. The normalized spacial score (nSPS) is 36.3. The number of rotatable bonds is 10. The van der Waals surface area contributed by atoms with Crippen molar-refractivity contribution < 1.29 is 36.7 Å². The molecule has 0 N–H and O–H groups in total. The van der Waals surface area contributed by atoms with E-state index in [-0.39, 0.29) is 31.3 Å². The van der Waals surface area contributed by atoms with Gasteiger partial charge in [-0.2, -0.15) is 0 Å². The molecule has 0 bridgehead atoms. The number of hydrogen-bond acceptors (Lipinski definition) is 8. The summed E-state index contributed by atoms with van der Waals surface area (Å²) in [7, 11) is 5.95. The fraction of sp³-hybridized carbons (Fsp3) is 1.00. The van der Waals surface area contributed by atoms with Gasteiger partial charge in [-0.05, 0) is 0 Å². The summed E-state index contributed by atoms with van der Waals surface area (Å²) in [4.78, 5) is 0. The van der Waals surface area contributed by atoms with Gasteiger partial charge in [0.1, 0.15) is 0 Å². The molecule has 0 aromatic carbocycles. The fourth-order valence-electron chi connectivity index (χ4n) is 2.74. The zero-order chi connectivity index (χ0) is 19.4. The van der Waals surface area contributed by atoms with Gasteiger partial charge < -0.3 is 0 Å². The Morgan fingerprint density at radius 2 is 1.81 bits per heavy atom. The third kappa shape index (κ3) is 7.10. The van der Waals surface area contributed by atoms with E-state index in [1.54, 1.807) is 0 Å². The molecule has 2 rings (SSSR count). The Morgan fingerprint density at radius 3 is 2.38 bits per heavy atom. The Bertz CT molecular complexity index is 580. The summed E-state index contributed by atoms with van der Waals surface area (Å²) in [6, 6.07) is -0.694. The average molecular weight is 403 g/mol.